The van der Waals surface area contributed by atoms with Crippen LogP contribution in [0, 0.1) is 11.6 Å². The first-order valence-electron chi connectivity index (χ1n) is 9.72. The summed E-state index contributed by atoms with van der Waals surface area (Å²) < 4.78 is 27.1. The van der Waals surface area contributed by atoms with Gasteiger partial charge in [-0.25, -0.2) is 8.78 Å². The average molecular weight is 439 g/mol. The summed E-state index contributed by atoms with van der Waals surface area (Å²) in [5, 5.41) is 0. The van der Waals surface area contributed by atoms with Crippen LogP contribution in [-0.2, 0) is 4.79 Å². The zero-order valence-electron chi connectivity index (χ0n) is 16.2. The number of rotatable bonds is 5. The van der Waals surface area contributed by atoms with Crippen molar-refractivity contribution in [2.75, 3.05) is 11.5 Å². The molecule has 3 aromatic rings. The van der Waals surface area contributed by atoms with E-state index >= 15 is 0 Å². The molecule has 0 radical (unpaired) electrons. The van der Waals surface area contributed by atoms with E-state index in [9.17, 15) is 13.6 Å². The Hall–Kier alpha value is -2.37. The monoisotopic (exact) mass is 438 g/mol. The summed E-state index contributed by atoms with van der Waals surface area (Å²) in [6.07, 6.45) is 1.09. The standard InChI is InChI=1S/C25H20F2OS2/c26-20-11-7-18(8-12-20)22(19-9-13-21(27)14-10-19)23(17-5-2-1-3-6-17)24(28)25-29-15-4-16-30-25/h1-3,5-14,25H,4,15-16H2. The Labute approximate surface area is 183 Å². The van der Waals surface area contributed by atoms with Crippen LogP contribution < -0.4 is 0 Å². The number of carbonyl (C=O) groups is 1. The van der Waals surface area contributed by atoms with Crippen LogP contribution in [0.2, 0.25) is 0 Å². The van der Waals surface area contributed by atoms with Crippen LogP contribution in [0.5, 0.6) is 0 Å². The Kier molecular flexibility index (Phi) is 6.70. The normalized spacial score (nSPS) is 14.3. The lowest BCUT2D eigenvalue weighted by Gasteiger charge is -2.23. The third kappa shape index (κ3) is 4.68. The van der Waals surface area contributed by atoms with Gasteiger partial charge in [0.05, 0.1) is 0 Å². The van der Waals surface area contributed by atoms with Crippen LogP contribution >= 0.6 is 23.5 Å². The molecule has 1 heterocycles. The number of benzene rings is 3. The van der Waals surface area contributed by atoms with Crippen molar-refractivity contribution in [1.82, 2.24) is 0 Å². The third-order valence-corrected chi connectivity index (χ3v) is 7.76. The fourth-order valence-corrected chi connectivity index (χ4v) is 6.19. The fourth-order valence-electron chi connectivity index (χ4n) is 3.46. The second kappa shape index (κ2) is 9.63. The van der Waals surface area contributed by atoms with Crippen molar-refractivity contribution in [3.8, 4) is 0 Å². The first kappa shape index (κ1) is 20.9. The van der Waals surface area contributed by atoms with Crippen molar-refractivity contribution in [2.24, 2.45) is 0 Å². The van der Waals surface area contributed by atoms with Crippen LogP contribution in [0.4, 0.5) is 8.78 Å². The maximum atomic E-state index is 13.8. The van der Waals surface area contributed by atoms with E-state index in [1.165, 1.54) is 24.3 Å². The van der Waals surface area contributed by atoms with E-state index in [0.29, 0.717) is 11.1 Å². The molecule has 0 bridgehead atoms. The van der Waals surface area contributed by atoms with Crippen LogP contribution in [0.15, 0.2) is 78.9 Å². The molecule has 1 fully saturated rings. The van der Waals surface area contributed by atoms with Crippen molar-refractivity contribution in [1.29, 1.82) is 0 Å². The van der Waals surface area contributed by atoms with Gasteiger partial charge in [0.1, 0.15) is 16.2 Å². The lowest BCUT2D eigenvalue weighted by molar-refractivity contribution is -0.112. The molecule has 0 spiro atoms. The van der Waals surface area contributed by atoms with Gasteiger partial charge in [0.25, 0.3) is 0 Å². The second-order valence-corrected chi connectivity index (χ2v) is 9.65. The average Bonchev–Trinajstić information content (AvgIpc) is 2.80. The van der Waals surface area contributed by atoms with Gasteiger partial charge in [0.2, 0.25) is 0 Å². The summed E-state index contributed by atoms with van der Waals surface area (Å²) in [5.41, 5.74) is 3.53. The quantitative estimate of drug-likeness (QED) is 0.326. The van der Waals surface area contributed by atoms with Crippen molar-refractivity contribution < 1.29 is 13.6 Å². The third-order valence-electron chi connectivity index (χ3n) is 4.87. The van der Waals surface area contributed by atoms with Gasteiger partial charge < -0.3 is 0 Å². The Balaban J connectivity index is 1.97. The van der Waals surface area contributed by atoms with E-state index in [0.717, 1.165) is 34.6 Å². The molecule has 3 aromatic carbocycles. The molecule has 1 saturated heterocycles. The molecule has 0 aromatic heterocycles. The van der Waals surface area contributed by atoms with Crippen LogP contribution in [0.1, 0.15) is 23.1 Å². The maximum Gasteiger partial charge on any atom is 0.187 e. The van der Waals surface area contributed by atoms with E-state index in [2.05, 4.69) is 0 Å². The predicted octanol–water partition coefficient (Wildman–Crippen LogP) is 6.69. The molecule has 0 unspecified atom stereocenters. The topological polar surface area (TPSA) is 17.1 Å². The lowest BCUT2D eigenvalue weighted by atomic mass is 9.87. The first-order chi connectivity index (χ1) is 14.6. The molecule has 0 atom stereocenters. The van der Waals surface area contributed by atoms with Gasteiger partial charge >= 0.3 is 0 Å². The van der Waals surface area contributed by atoms with Crippen LogP contribution in [-0.4, -0.2) is 21.9 Å². The largest absolute Gasteiger partial charge is 0.292 e. The summed E-state index contributed by atoms with van der Waals surface area (Å²) in [4.78, 5) is 13.8. The molecule has 1 aliphatic heterocycles. The van der Waals surface area contributed by atoms with E-state index in [1.54, 1.807) is 47.8 Å². The number of hydrogen-bond donors (Lipinski definition) is 0. The molecular formula is C25H20F2OS2. The zero-order valence-corrected chi connectivity index (χ0v) is 17.8. The lowest BCUT2D eigenvalue weighted by Crippen LogP contribution is -2.20. The maximum absolute atomic E-state index is 13.8. The molecule has 0 aliphatic carbocycles. The van der Waals surface area contributed by atoms with Gasteiger partial charge in [-0.05, 0) is 58.9 Å². The minimum Gasteiger partial charge on any atom is -0.292 e. The highest BCUT2D eigenvalue weighted by Gasteiger charge is 2.29. The SMILES string of the molecule is O=C(C(=C(c1ccc(F)cc1)c1ccc(F)cc1)c1ccccc1)C1SCCCS1. The highest BCUT2D eigenvalue weighted by atomic mass is 32.2. The minimum atomic E-state index is -0.344. The van der Waals surface area contributed by atoms with Crippen molar-refractivity contribution in [2.45, 2.75) is 11.0 Å². The highest BCUT2D eigenvalue weighted by molar-refractivity contribution is 8.18. The molecule has 0 saturated carbocycles. The Bertz CT molecular complexity index is 991. The van der Waals surface area contributed by atoms with Gasteiger partial charge in [-0.1, -0.05) is 54.6 Å². The highest BCUT2D eigenvalue weighted by Crippen LogP contribution is 2.39. The van der Waals surface area contributed by atoms with Crippen LogP contribution in [0.25, 0.3) is 11.1 Å². The second-order valence-electron chi connectivity index (χ2n) is 6.92. The molecule has 4 rings (SSSR count). The molecule has 1 aliphatic rings. The van der Waals surface area contributed by atoms with E-state index in [-0.39, 0.29) is 22.0 Å². The number of ketones is 1. The van der Waals surface area contributed by atoms with Gasteiger partial charge in [0, 0.05) is 11.1 Å². The molecule has 5 heteroatoms. The van der Waals surface area contributed by atoms with Crippen LogP contribution in [0.3, 0.4) is 0 Å². The molecule has 30 heavy (non-hydrogen) atoms. The Morgan fingerprint density at radius 2 is 1.20 bits per heavy atom. The van der Waals surface area contributed by atoms with Crippen molar-refractivity contribution >= 4 is 40.5 Å². The Morgan fingerprint density at radius 3 is 1.70 bits per heavy atom. The summed E-state index contributed by atoms with van der Waals surface area (Å²) >= 11 is 3.33. The van der Waals surface area contributed by atoms with Crippen molar-refractivity contribution in [3.63, 3.8) is 0 Å². The number of carbonyl (C=O) groups excluding carboxylic acids is 1. The molecule has 0 N–H and O–H groups in total. The molecular weight excluding hydrogens is 418 g/mol. The summed E-state index contributed by atoms with van der Waals surface area (Å²) in [5.74, 6) is 1.26. The smallest absolute Gasteiger partial charge is 0.187 e. The van der Waals surface area contributed by atoms with Gasteiger partial charge in [-0.15, -0.1) is 23.5 Å². The molecule has 0 amide bonds. The van der Waals surface area contributed by atoms with Gasteiger partial charge in [-0.2, -0.15) is 0 Å². The number of hydrogen-bond acceptors (Lipinski definition) is 3. The van der Waals surface area contributed by atoms with E-state index in [4.69, 9.17) is 0 Å². The molecule has 1 nitrogen and oxygen atoms in total. The van der Waals surface area contributed by atoms with Gasteiger partial charge in [-0.3, -0.25) is 4.79 Å². The first-order valence-corrected chi connectivity index (χ1v) is 11.8. The number of Topliss-reactive ketones (excluding diaryl/α,β-unsaturated/α-hetero) is 1. The summed E-state index contributed by atoms with van der Waals surface area (Å²) in [7, 11) is 0. The molecule has 152 valence electrons. The predicted molar refractivity (Wildman–Crippen MR) is 123 cm³/mol. The summed E-state index contributed by atoms with van der Waals surface area (Å²) in [6, 6.07) is 21.8. The van der Waals surface area contributed by atoms with E-state index in [1.807, 2.05) is 30.3 Å². The van der Waals surface area contributed by atoms with Gasteiger partial charge in [0.15, 0.2) is 5.78 Å². The fraction of sp³-hybridized carbons (Fsp3) is 0.160. The Morgan fingerprint density at radius 1 is 0.700 bits per heavy atom. The number of allylic oxidation sites excluding steroid dienone is 1. The minimum absolute atomic E-state index is 0.0412. The number of halogens is 2. The van der Waals surface area contributed by atoms with E-state index < -0.39 is 0 Å². The number of thioether (sulfide) groups is 2. The van der Waals surface area contributed by atoms with Crippen molar-refractivity contribution in [3.05, 3.63) is 107 Å². The zero-order chi connectivity index (χ0) is 20.9. The summed E-state index contributed by atoms with van der Waals surface area (Å²) in [6.45, 7) is 0.